The van der Waals surface area contributed by atoms with E-state index in [4.69, 9.17) is 0 Å². The topological polar surface area (TPSA) is 61.4 Å². The van der Waals surface area contributed by atoms with Gasteiger partial charge in [-0.1, -0.05) is 6.07 Å². The van der Waals surface area contributed by atoms with Crippen molar-refractivity contribution in [3.05, 3.63) is 29.3 Å². The van der Waals surface area contributed by atoms with Gasteiger partial charge in [0, 0.05) is 31.4 Å². The molecule has 2 amide bonds. The van der Waals surface area contributed by atoms with E-state index in [1.165, 1.54) is 0 Å². The Hall–Kier alpha value is -1.75. The molecule has 2 N–H and O–H groups in total. The minimum Gasteiger partial charge on any atom is -0.385 e. The first kappa shape index (κ1) is 16.6. The van der Waals surface area contributed by atoms with Crippen LogP contribution in [0.4, 0.5) is 5.69 Å². The summed E-state index contributed by atoms with van der Waals surface area (Å²) in [6.07, 6.45) is 3.59. The normalized spacial score (nSPS) is 19.7. The molecule has 120 valence electrons. The fourth-order valence-corrected chi connectivity index (χ4v) is 3.31. The standard InChI is InChI=1S/C16H21N3O2.ClH/c1-17-15(20)14-8-4-10-19(14)16(21)12-5-2-7-13-11(12)6-3-9-18-13;/h2,5,7,14,18H,3-4,6,8-10H2,1H3,(H,17,20);1H. The number of rotatable bonds is 2. The van der Waals surface area contributed by atoms with Crippen LogP contribution in [0.5, 0.6) is 0 Å². The van der Waals surface area contributed by atoms with E-state index in [1.54, 1.807) is 11.9 Å². The molecule has 0 aliphatic carbocycles. The van der Waals surface area contributed by atoms with Crippen molar-refractivity contribution in [2.24, 2.45) is 0 Å². The molecule has 0 aromatic heterocycles. The van der Waals surface area contributed by atoms with E-state index in [0.717, 1.165) is 49.0 Å². The van der Waals surface area contributed by atoms with Crippen LogP contribution in [0, 0.1) is 0 Å². The van der Waals surface area contributed by atoms with Gasteiger partial charge < -0.3 is 15.5 Å². The highest BCUT2D eigenvalue weighted by Gasteiger charge is 2.35. The van der Waals surface area contributed by atoms with E-state index < -0.39 is 0 Å². The van der Waals surface area contributed by atoms with Crippen molar-refractivity contribution in [2.75, 3.05) is 25.5 Å². The molecular formula is C16H22ClN3O2. The van der Waals surface area contributed by atoms with Crippen LogP contribution in [-0.2, 0) is 11.2 Å². The summed E-state index contributed by atoms with van der Waals surface area (Å²) < 4.78 is 0. The number of amides is 2. The van der Waals surface area contributed by atoms with Crippen LogP contribution < -0.4 is 10.6 Å². The highest BCUT2D eigenvalue weighted by Crippen LogP contribution is 2.28. The van der Waals surface area contributed by atoms with Gasteiger partial charge in [0.2, 0.25) is 5.91 Å². The molecule has 3 rings (SSSR count). The zero-order valence-electron chi connectivity index (χ0n) is 12.7. The molecule has 2 aliphatic heterocycles. The Morgan fingerprint density at radius 2 is 2.14 bits per heavy atom. The smallest absolute Gasteiger partial charge is 0.254 e. The first-order valence-electron chi connectivity index (χ1n) is 7.60. The number of hydrogen-bond donors (Lipinski definition) is 2. The maximum absolute atomic E-state index is 12.9. The second kappa shape index (κ2) is 7.01. The molecule has 0 bridgehead atoms. The van der Waals surface area contributed by atoms with Crippen LogP contribution in [0.2, 0.25) is 0 Å². The zero-order chi connectivity index (χ0) is 14.8. The van der Waals surface area contributed by atoms with Gasteiger partial charge >= 0.3 is 0 Å². The number of likely N-dealkylation sites (N-methyl/N-ethyl adjacent to an activating group) is 1. The van der Waals surface area contributed by atoms with E-state index in [9.17, 15) is 9.59 Å². The average molecular weight is 324 g/mol. The summed E-state index contributed by atoms with van der Waals surface area (Å²) in [6, 6.07) is 5.49. The predicted octanol–water partition coefficient (Wildman–Crippen LogP) is 1.82. The molecule has 0 spiro atoms. The summed E-state index contributed by atoms with van der Waals surface area (Å²) in [5.41, 5.74) is 2.90. The van der Waals surface area contributed by atoms with Crippen LogP contribution in [-0.4, -0.2) is 42.9 Å². The van der Waals surface area contributed by atoms with Gasteiger partial charge in [-0.25, -0.2) is 0 Å². The van der Waals surface area contributed by atoms with Crippen LogP contribution in [0.1, 0.15) is 35.2 Å². The molecule has 22 heavy (non-hydrogen) atoms. The fraction of sp³-hybridized carbons (Fsp3) is 0.500. The number of carbonyl (C=O) groups excluding carboxylic acids is 2. The molecule has 5 nitrogen and oxygen atoms in total. The minimum atomic E-state index is -0.324. The highest BCUT2D eigenvalue weighted by atomic mass is 35.5. The minimum absolute atomic E-state index is 0. The first-order valence-corrected chi connectivity index (χ1v) is 7.60. The molecule has 6 heteroatoms. The predicted molar refractivity (Wildman–Crippen MR) is 88.6 cm³/mol. The molecule has 1 saturated heterocycles. The zero-order valence-corrected chi connectivity index (χ0v) is 13.5. The van der Waals surface area contributed by atoms with Gasteiger partial charge in [0.05, 0.1) is 0 Å². The second-order valence-electron chi connectivity index (χ2n) is 5.63. The molecule has 1 unspecified atom stereocenters. The van der Waals surface area contributed by atoms with Crippen molar-refractivity contribution in [3.8, 4) is 0 Å². The van der Waals surface area contributed by atoms with E-state index in [2.05, 4.69) is 10.6 Å². The number of likely N-dealkylation sites (tertiary alicyclic amines) is 1. The van der Waals surface area contributed by atoms with Gasteiger partial charge in [-0.3, -0.25) is 9.59 Å². The number of fused-ring (bicyclic) bond motifs is 1. The number of anilines is 1. The van der Waals surface area contributed by atoms with E-state index in [-0.39, 0.29) is 30.3 Å². The van der Waals surface area contributed by atoms with Gasteiger partial charge in [-0.2, -0.15) is 0 Å². The lowest BCUT2D eigenvalue weighted by Crippen LogP contribution is -2.45. The lowest BCUT2D eigenvalue weighted by Gasteiger charge is -2.26. The summed E-state index contributed by atoms with van der Waals surface area (Å²) in [5, 5.41) is 6.00. The van der Waals surface area contributed by atoms with Crippen molar-refractivity contribution in [3.63, 3.8) is 0 Å². The first-order chi connectivity index (χ1) is 10.2. The third-order valence-electron chi connectivity index (χ3n) is 4.39. The third kappa shape index (κ3) is 2.90. The Kier molecular flexibility index (Phi) is 5.29. The van der Waals surface area contributed by atoms with Gasteiger partial charge in [0.1, 0.15) is 6.04 Å². The largest absolute Gasteiger partial charge is 0.385 e. The van der Waals surface area contributed by atoms with Crippen molar-refractivity contribution in [1.29, 1.82) is 0 Å². The molecule has 1 fully saturated rings. The summed E-state index contributed by atoms with van der Waals surface area (Å²) in [4.78, 5) is 26.5. The molecule has 1 aromatic rings. The van der Waals surface area contributed by atoms with Gasteiger partial charge in [-0.15, -0.1) is 12.4 Å². The molecule has 0 saturated carbocycles. The molecule has 2 heterocycles. The molecular weight excluding hydrogens is 302 g/mol. The molecule has 2 aliphatic rings. The Labute approximate surface area is 136 Å². The lowest BCUT2D eigenvalue weighted by molar-refractivity contribution is -0.124. The number of benzene rings is 1. The Balaban J connectivity index is 0.00000176. The second-order valence-corrected chi connectivity index (χ2v) is 5.63. The monoisotopic (exact) mass is 323 g/mol. The Bertz CT molecular complexity index is 577. The summed E-state index contributed by atoms with van der Waals surface area (Å²) >= 11 is 0. The number of nitrogens with one attached hydrogen (secondary N) is 2. The van der Waals surface area contributed by atoms with Gasteiger partial charge in [0.25, 0.3) is 5.91 Å². The summed E-state index contributed by atoms with van der Waals surface area (Å²) in [7, 11) is 1.62. The number of hydrogen-bond acceptors (Lipinski definition) is 3. The van der Waals surface area contributed by atoms with Gasteiger partial charge in [-0.05, 0) is 43.4 Å². The number of halogens is 1. The van der Waals surface area contributed by atoms with Crippen LogP contribution >= 0.6 is 12.4 Å². The van der Waals surface area contributed by atoms with Crippen LogP contribution in [0.15, 0.2) is 18.2 Å². The molecule has 1 atom stereocenters. The summed E-state index contributed by atoms with van der Waals surface area (Å²) in [6.45, 7) is 1.61. The van der Waals surface area contributed by atoms with Gasteiger partial charge in [0.15, 0.2) is 0 Å². The van der Waals surface area contributed by atoms with E-state index in [1.807, 2.05) is 18.2 Å². The quantitative estimate of drug-likeness (QED) is 0.872. The van der Waals surface area contributed by atoms with Crippen LogP contribution in [0.25, 0.3) is 0 Å². The number of carbonyl (C=O) groups is 2. The van der Waals surface area contributed by atoms with Crippen molar-refractivity contribution in [2.45, 2.75) is 31.7 Å². The van der Waals surface area contributed by atoms with E-state index in [0.29, 0.717) is 6.54 Å². The van der Waals surface area contributed by atoms with Crippen molar-refractivity contribution >= 4 is 29.9 Å². The maximum atomic E-state index is 12.9. The van der Waals surface area contributed by atoms with E-state index >= 15 is 0 Å². The SMILES string of the molecule is CNC(=O)C1CCCN1C(=O)c1cccc2c1CCCN2.Cl. The molecule has 0 radical (unpaired) electrons. The number of nitrogens with zero attached hydrogens (tertiary/aromatic N) is 1. The maximum Gasteiger partial charge on any atom is 0.254 e. The third-order valence-corrected chi connectivity index (χ3v) is 4.39. The highest BCUT2D eigenvalue weighted by molar-refractivity contribution is 6.00. The van der Waals surface area contributed by atoms with Crippen LogP contribution in [0.3, 0.4) is 0 Å². The lowest BCUT2D eigenvalue weighted by atomic mass is 9.96. The molecule has 1 aromatic carbocycles. The fourth-order valence-electron chi connectivity index (χ4n) is 3.31. The Morgan fingerprint density at radius 3 is 2.91 bits per heavy atom. The van der Waals surface area contributed by atoms with Crippen molar-refractivity contribution < 1.29 is 9.59 Å². The van der Waals surface area contributed by atoms with Crippen molar-refractivity contribution in [1.82, 2.24) is 10.2 Å². The Morgan fingerprint density at radius 1 is 1.32 bits per heavy atom. The summed E-state index contributed by atoms with van der Waals surface area (Å²) in [5.74, 6) is -0.0783. The average Bonchev–Trinajstić information content (AvgIpc) is 3.02.